The molecule has 6 heteroatoms. The second-order valence-electron chi connectivity index (χ2n) is 8.35. The zero-order valence-corrected chi connectivity index (χ0v) is 17.0. The molecular formula is C23H26ClNO4. The number of carbonyl (C=O) groups is 1. The summed E-state index contributed by atoms with van der Waals surface area (Å²) in [7, 11) is 0. The van der Waals surface area contributed by atoms with Crippen molar-refractivity contribution in [2.75, 3.05) is 19.6 Å². The van der Waals surface area contributed by atoms with Crippen LogP contribution in [-0.2, 0) is 23.1 Å². The topological polar surface area (TPSA) is 81.0 Å². The highest BCUT2D eigenvalue weighted by Crippen LogP contribution is 2.46. The second kappa shape index (κ2) is 7.98. The van der Waals surface area contributed by atoms with Gasteiger partial charge in [-0.3, -0.25) is 4.79 Å². The zero-order chi connectivity index (χ0) is 20.6. The van der Waals surface area contributed by atoms with Crippen molar-refractivity contribution < 1.29 is 20.1 Å². The Kier molecular flexibility index (Phi) is 5.56. The summed E-state index contributed by atoms with van der Waals surface area (Å²) in [5.41, 5.74) is 2.93. The van der Waals surface area contributed by atoms with Crippen LogP contribution in [0.2, 0.25) is 5.02 Å². The number of phenolic OH excluding ortho intramolecular Hbond substituents is 1. The largest absolute Gasteiger partial charge is 0.508 e. The Balaban J connectivity index is 1.44. The molecule has 4 rings (SSSR count). The summed E-state index contributed by atoms with van der Waals surface area (Å²) in [4.78, 5) is 14.0. The molecule has 5 nitrogen and oxygen atoms in total. The first-order chi connectivity index (χ1) is 13.9. The van der Waals surface area contributed by atoms with Crippen molar-refractivity contribution >= 4 is 17.6 Å². The van der Waals surface area contributed by atoms with E-state index in [2.05, 4.69) is 17.0 Å². The molecule has 3 N–H and O–H groups in total. The Labute approximate surface area is 175 Å². The number of hydrogen-bond acceptors (Lipinski definition) is 4. The first-order valence-electron chi connectivity index (χ1n) is 10.1. The average Bonchev–Trinajstić information content (AvgIpc) is 2.97. The molecular weight excluding hydrogens is 390 g/mol. The van der Waals surface area contributed by atoms with Gasteiger partial charge >= 0.3 is 5.97 Å². The molecule has 1 saturated heterocycles. The lowest BCUT2D eigenvalue weighted by Gasteiger charge is -2.42. The number of phenols is 1. The molecule has 2 aliphatic rings. The molecule has 0 bridgehead atoms. The molecule has 1 spiro atoms. The van der Waals surface area contributed by atoms with E-state index in [0.717, 1.165) is 25.9 Å². The van der Waals surface area contributed by atoms with Crippen LogP contribution in [-0.4, -0.2) is 51.9 Å². The van der Waals surface area contributed by atoms with Crippen LogP contribution in [0, 0.1) is 5.92 Å². The lowest BCUT2D eigenvalue weighted by atomic mass is 9.72. The van der Waals surface area contributed by atoms with E-state index in [9.17, 15) is 20.1 Å². The molecule has 2 aromatic carbocycles. The summed E-state index contributed by atoms with van der Waals surface area (Å²) in [5.74, 6) is -1.39. The third kappa shape index (κ3) is 3.87. The van der Waals surface area contributed by atoms with Crippen LogP contribution < -0.4 is 0 Å². The van der Waals surface area contributed by atoms with Gasteiger partial charge in [-0.05, 0) is 73.7 Å². The van der Waals surface area contributed by atoms with Gasteiger partial charge in [-0.2, -0.15) is 0 Å². The predicted octanol–water partition coefficient (Wildman–Crippen LogP) is 3.24. The number of aliphatic carboxylic acids is 1. The van der Waals surface area contributed by atoms with Gasteiger partial charge in [0.2, 0.25) is 0 Å². The van der Waals surface area contributed by atoms with Crippen LogP contribution in [0.3, 0.4) is 0 Å². The number of piperidine rings is 1. The summed E-state index contributed by atoms with van der Waals surface area (Å²) in [6, 6.07) is 12.9. The minimum Gasteiger partial charge on any atom is -0.508 e. The highest BCUT2D eigenvalue weighted by Gasteiger charge is 2.47. The minimum atomic E-state index is -0.865. The number of nitrogens with zero attached hydrogens (tertiary/aromatic N) is 1. The van der Waals surface area contributed by atoms with Crippen LogP contribution in [0.5, 0.6) is 5.75 Å². The number of halogens is 1. The molecule has 0 saturated carbocycles. The number of benzene rings is 2. The molecule has 0 radical (unpaired) electrons. The smallest absolute Gasteiger partial charge is 0.308 e. The standard InChI is InChI=1S/C23H26ClNO4/c24-20-6-5-18(26)12-16(20)11-17(22(28)29)14-25-9-7-23(8-10-25)19-4-2-1-3-15(19)13-21(23)27/h1-6,12,17,21,26-27H,7-11,13-14H2,(H,28,29). The number of aliphatic hydroxyl groups is 1. The molecule has 2 atom stereocenters. The van der Waals surface area contributed by atoms with Crippen molar-refractivity contribution in [1.82, 2.24) is 4.90 Å². The highest BCUT2D eigenvalue weighted by molar-refractivity contribution is 6.31. The minimum absolute atomic E-state index is 0.0855. The Hall–Kier alpha value is -2.08. The van der Waals surface area contributed by atoms with Crippen LogP contribution in [0.4, 0.5) is 0 Å². The Bertz CT molecular complexity index is 908. The van der Waals surface area contributed by atoms with Gasteiger partial charge in [0.05, 0.1) is 12.0 Å². The van der Waals surface area contributed by atoms with Gasteiger partial charge in [-0.25, -0.2) is 0 Å². The number of carboxylic acids is 1. The fraction of sp³-hybridized carbons (Fsp3) is 0.435. The number of fused-ring (bicyclic) bond motifs is 2. The van der Waals surface area contributed by atoms with Crippen LogP contribution in [0.25, 0.3) is 0 Å². The lowest BCUT2D eigenvalue weighted by molar-refractivity contribution is -0.142. The van der Waals surface area contributed by atoms with Crippen molar-refractivity contribution in [2.24, 2.45) is 5.92 Å². The molecule has 154 valence electrons. The van der Waals surface area contributed by atoms with E-state index < -0.39 is 11.9 Å². The van der Waals surface area contributed by atoms with E-state index in [1.54, 1.807) is 6.07 Å². The molecule has 0 aromatic heterocycles. The maximum absolute atomic E-state index is 11.9. The third-order valence-electron chi connectivity index (χ3n) is 6.68. The molecule has 2 unspecified atom stereocenters. The van der Waals surface area contributed by atoms with E-state index in [1.807, 2.05) is 12.1 Å². The third-order valence-corrected chi connectivity index (χ3v) is 7.05. The maximum Gasteiger partial charge on any atom is 0.308 e. The van der Waals surface area contributed by atoms with Gasteiger partial charge in [-0.15, -0.1) is 0 Å². The fourth-order valence-electron chi connectivity index (χ4n) is 5.03. The van der Waals surface area contributed by atoms with Crippen molar-refractivity contribution in [3.63, 3.8) is 0 Å². The summed E-state index contributed by atoms with van der Waals surface area (Å²) < 4.78 is 0. The lowest BCUT2D eigenvalue weighted by Crippen LogP contribution is -2.49. The first kappa shape index (κ1) is 20.2. The number of carboxylic acid groups (broad SMARTS) is 1. The number of aromatic hydroxyl groups is 1. The molecule has 0 amide bonds. The Morgan fingerprint density at radius 2 is 1.93 bits per heavy atom. The zero-order valence-electron chi connectivity index (χ0n) is 16.2. The molecule has 29 heavy (non-hydrogen) atoms. The van der Waals surface area contributed by atoms with Crippen LogP contribution in [0.1, 0.15) is 29.5 Å². The highest BCUT2D eigenvalue weighted by atomic mass is 35.5. The molecule has 1 fully saturated rings. The second-order valence-corrected chi connectivity index (χ2v) is 8.76. The summed E-state index contributed by atoms with van der Waals surface area (Å²) in [6.07, 6.45) is 2.25. The summed E-state index contributed by atoms with van der Waals surface area (Å²) in [6.45, 7) is 1.93. The van der Waals surface area contributed by atoms with E-state index in [1.165, 1.54) is 23.3 Å². The van der Waals surface area contributed by atoms with Gasteiger partial charge in [-0.1, -0.05) is 35.9 Å². The summed E-state index contributed by atoms with van der Waals surface area (Å²) in [5, 5.41) is 30.7. The van der Waals surface area contributed by atoms with Crippen LogP contribution in [0.15, 0.2) is 42.5 Å². The van der Waals surface area contributed by atoms with E-state index in [-0.39, 0.29) is 23.7 Å². The van der Waals surface area contributed by atoms with Gasteiger partial charge in [0.25, 0.3) is 0 Å². The fourth-order valence-corrected chi connectivity index (χ4v) is 5.22. The van der Waals surface area contributed by atoms with Crippen LogP contribution >= 0.6 is 11.6 Å². The Morgan fingerprint density at radius 1 is 1.21 bits per heavy atom. The van der Waals surface area contributed by atoms with Gasteiger partial charge in [0.15, 0.2) is 0 Å². The average molecular weight is 416 g/mol. The van der Waals surface area contributed by atoms with Crippen molar-refractivity contribution in [1.29, 1.82) is 0 Å². The molecule has 2 aromatic rings. The molecule has 1 aliphatic carbocycles. The molecule has 1 aliphatic heterocycles. The molecule has 1 heterocycles. The number of likely N-dealkylation sites (tertiary alicyclic amines) is 1. The normalized spacial score (nSPS) is 21.8. The monoisotopic (exact) mass is 415 g/mol. The first-order valence-corrected chi connectivity index (χ1v) is 10.5. The van der Waals surface area contributed by atoms with Gasteiger partial charge in [0, 0.05) is 17.0 Å². The van der Waals surface area contributed by atoms with Gasteiger partial charge in [0.1, 0.15) is 5.75 Å². The van der Waals surface area contributed by atoms with Crippen molar-refractivity contribution in [3.8, 4) is 5.75 Å². The van der Waals surface area contributed by atoms with E-state index in [0.29, 0.717) is 23.6 Å². The number of hydrogen-bond donors (Lipinski definition) is 3. The maximum atomic E-state index is 11.9. The number of aliphatic hydroxyl groups excluding tert-OH is 1. The quantitative estimate of drug-likeness (QED) is 0.698. The Morgan fingerprint density at radius 3 is 2.66 bits per heavy atom. The van der Waals surface area contributed by atoms with Gasteiger partial charge < -0.3 is 20.2 Å². The van der Waals surface area contributed by atoms with Crippen molar-refractivity contribution in [2.45, 2.75) is 37.2 Å². The van der Waals surface area contributed by atoms with E-state index >= 15 is 0 Å². The predicted molar refractivity (Wildman–Crippen MR) is 111 cm³/mol. The SMILES string of the molecule is O=C(O)C(Cc1cc(O)ccc1Cl)CN1CCC2(CC1)c1ccccc1CC2O. The number of rotatable bonds is 5. The van der Waals surface area contributed by atoms with Crippen molar-refractivity contribution in [3.05, 3.63) is 64.2 Å². The van der Waals surface area contributed by atoms with E-state index in [4.69, 9.17) is 11.6 Å². The summed E-state index contributed by atoms with van der Waals surface area (Å²) >= 11 is 6.19.